The molecule has 1 aromatic heterocycles. The molecule has 0 saturated heterocycles. The number of aryl methyl sites for hydroxylation is 1. The zero-order valence-electron chi connectivity index (χ0n) is 6.12. The lowest BCUT2D eigenvalue weighted by molar-refractivity contribution is 0.0989. The van der Waals surface area contributed by atoms with E-state index in [4.69, 9.17) is 0 Å². The summed E-state index contributed by atoms with van der Waals surface area (Å²) in [6.45, 7) is 1.67. The second-order valence-electron chi connectivity index (χ2n) is 2.51. The number of carbonyl (C=O) groups is 1. The third-order valence-electron chi connectivity index (χ3n) is 1.62. The van der Waals surface area contributed by atoms with Gasteiger partial charge in [0.25, 0.3) is 15.9 Å². The molecule has 4 nitrogen and oxygen atoms in total. The first-order valence-electron chi connectivity index (χ1n) is 3.17. The molecule has 0 aliphatic carbocycles. The van der Waals surface area contributed by atoms with Gasteiger partial charge in [0.2, 0.25) is 0 Å². The van der Waals surface area contributed by atoms with Crippen LogP contribution < -0.4 is 4.72 Å². The van der Waals surface area contributed by atoms with Crippen molar-refractivity contribution in [2.75, 3.05) is 0 Å². The Balaban J connectivity index is 2.86. The highest BCUT2D eigenvalue weighted by Gasteiger charge is 2.35. The predicted octanol–water partition coefficient (Wildman–Crippen LogP) is 0.489. The number of carbonyl (C=O) groups excluding carboxylic acids is 1. The Morgan fingerprint density at radius 2 is 2.17 bits per heavy atom. The molecule has 0 radical (unpaired) electrons. The van der Waals surface area contributed by atoms with Crippen LogP contribution in [0.1, 0.15) is 15.2 Å². The number of thiophene rings is 1. The maximum Gasteiger partial charge on any atom is 0.276 e. The molecule has 2 heterocycles. The average molecular weight is 203 g/mol. The van der Waals surface area contributed by atoms with Gasteiger partial charge in [-0.05, 0) is 17.9 Å². The van der Waals surface area contributed by atoms with Gasteiger partial charge in [0.1, 0.15) is 9.77 Å². The molecule has 6 heteroatoms. The third-order valence-corrected chi connectivity index (χ3v) is 4.36. The number of hydrogen-bond acceptors (Lipinski definition) is 4. The number of rotatable bonds is 0. The summed E-state index contributed by atoms with van der Waals surface area (Å²) in [5, 5.41) is 1.67. The lowest BCUT2D eigenvalue weighted by atomic mass is 10.3. The van der Waals surface area contributed by atoms with Gasteiger partial charge in [0.05, 0.1) is 0 Å². The number of fused-ring (bicyclic) bond motifs is 1. The fourth-order valence-corrected chi connectivity index (χ4v) is 3.86. The van der Waals surface area contributed by atoms with Gasteiger partial charge in [-0.3, -0.25) is 4.79 Å². The Morgan fingerprint density at radius 3 is 2.75 bits per heavy atom. The van der Waals surface area contributed by atoms with Crippen LogP contribution >= 0.6 is 11.3 Å². The lowest BCUT2D eigenvalue weighted by Crippen LogP contribution is -2.21. The largest absolute Gasteiger partial charge is 0.276 e. The average Bonchev–Trinajstić information content (AvgIpc) is 2.38. The molecule has 1 amide bonds. The maximum atomic E-state index is 11.2. The van der Waals surface area contributed by atoms with Gasteiger partial charge >= 0.3 is 0 Å². The second kappa shape index (κ2) is 2.08. The second-order valence-corrected chi connectivity index (χ2v) is 5.01. The first kappa shape index (κ1) is 7.75. The SMILES string of the molecule is Cc1csc2c1S(=O)(=O)NC2=O. The Hall–Kier alpha value is -0.880. The van der Waals surface area contributed by atoms with Crippen molar-refractivity contribution in [1.82, 2.24) is 4.72 Å². The first-order chi connectivity index (χ1) is 5.52. The summed E-state index contributed by atoms with van der Waals surface area (Å²) < 4.78 is 24.4. The lowest BCUT2D eigenvalue weighted by Gasteiger charge is -1.93. The van der Waals surface area contributed by atoms with E-state index >= 15 is 0 Å². The Morgan fingerprint density at radius 1 is 1.50 bits per heavy atom. The van der Waals surface area contributed by atoms with Gasteiger partial charge < -0.3 is 0 Å². The van der Waals surface area contributed by atoms with E-state index in [9.17, 15) is 13.2 Å². The molecule has 1 N–H and O–H groups in total. The molecule has 0 saturated carbocycles. The van der Waals surface area contributed by atoms with Crippen molar-refractivity contribution in [2.45, 2.75) is 11.8 Å². The summed E-state index contributed by atoms with van der Waals surface area (Å²) in [6.07, 6.45) is 0. The van der Waals surface area contributed by atoms with Gasteiger partial charge in [0.15, 0.2) is 0 Å². The van der Waals surface area contributed by atoms with Crippen LogP contribution in [0.2, 0.25) is 0 Å². The zero-order chi connectivity index (χ0) is 8.93. The molecule has 1 aliphatic rings. The Bertz CT molecular complexity index is 457. The Labute approximate surface area is 73.3 Å². The highest BCUT2D eigenvalue weighted by atomic mass is 32.2. The van der Waals surface area contributed by atoms with E-state index < -0.39 is 15.9 Å². The van der Waals surface area contributed by atoms with Crippen LogP contribution in [0.3, 0.4) is 0 Å². The smallest absolute Gasteiger partial charge is 0.267 e. The molecule has 1 aromatic rings. The van der Waals surface area contributed by atoms with Crippen molar-refractivity contribution in [3.8, 4) is 0 Å². The van der Waals surface area contributed by atoms with E-state index in [-0.39, 0.29) is 4.90 Å². The first-order valence-corrected chi connectivity index (χ1v) is 5.54. The minimum atomic E-state index is -3.53. The molecule has 0 bridgehead atoms. The van der Waals surface area contributed by atoms with Gasteiger partial charge in [-0.2, -0.15) is 0 Å². The minimum absolute atomic E-state index is 0.150. The standard InChI is InChI=1S/C6H5NO3S2/c1-3-2-11-4-5(3)12(9,10)7-6(4)8/h2H,1H3,(H,7,8). The van der Waals surface area contributed by atoms with Crippen LogP contribution in [0, 0.1) is 6.92 Å². The quantitative estimate of drug-likeness (QED) is 0.667. The van der Waals surface area contributed by atoms with Crippen molar-refractivity contribution in [2.24, 2.45) is 0 Å². The van der Waals surface area contributed by atoms with E-state index in [0.717, 1.165) is 11.3 Å². The number of nitrogens with one attached hydrogen (secondary N) is 1. The molecule has 64 valence electrons. The van der Waals surface area contributed by atoms with E-state index in [1.165, 1.54) is 0 Å². The normalized spacial score (nSPS) is 18.9. The summed E-state index contributed by atoms with van der Waals surface area (Å²) in [5.41, 5.74) is 0.633. The molecular weight excluding hydrogens is 198 g/mol. The van der Waals surface area contributed by atoms with Crippen molar-refractivity contribution in [1.29, 1.82) is 0 Å². The number of hydrogen-bond donors (Lipinski definition) is 1. The topological polar surface area (TPSA) is 63.2 Å². The van der Waals surface area contributed by atoms with Crippen LogP contribution in [0.25, 0.3) is 0 Å². The molecule has 0 spiro atoms. The van der Waals surface area contributed by atoms with Crippen molar-refractivity contribution in [3.05, 3.63) is 15.8 Å². The maximum absolute atomic E-state index is 11.2. The third kappa shape index (κ3) is 0.818. The summed E-state index contributed by atoms with van der Waals surface area (Å²) in [6, 6.07) is 0. The number of sulfonamides is 1. The highest BCUT2D eigenvalue weighted by molar-refractivity contribution is 7.91. The van der Waals surface area contributed by atoms with Crippen LogP contribution in [0.5, 0.6) is 0 Å². The van der Waals surface area contributed by atoms with E-state index in [1.807, 2.05) is 4.72 Å². The Kier molecular flexibility index (Phi) is 1.34. The molecule has 1 aliphatic heterocycles. The molecule has 0 unspecified atom stereocenters. The number of amides is 1. The molecule has 12 heavy (non-hydrogen) atoms. The van der Waals surface area contributed by atoms with E-state index in [1.54, 1.807) is 12.3 Å². The van der Waals surface area contributed by atoms with Gasteiger partial charge in [0, 0.05) is 0 Å². The molecule has 0 atom stereocenters. The predicted molar refractivity (Wildman–Crippen MR) is 43.7 cm³/mol. The highest BCUT2D eigenvalue weighted by Crippen LogP contribution is 2.30. The van der Waals surface area contributed by atoms with Crippen LogP contribution in [0.4, 0.5) is 0 Å². The van der Waals surface area contributed by atoms with Crippen LogP contribution in [-0.2, 0) is 10.0 Å². The fourth-order valence-electron chi connectivity index (χ4n) is 1.14. The summed E-state index contributed by atoms with van der Waals surface area (Å²) in [7, 11) is -3.53. The fraction of sp³-hybridized carbons (Fsp3) is 0.167. The van der Waals surface area contributed by atoms with Gasteiger partial charge in [-0.15, -0.1) is 11.3 Å². The minimum Gasteiger partial charge on any atom is -0.267 e. The van der Waals surface area contributed by atoms with Crippen LogP contribution in [0.15, 0.2) is 10.3 Å². The summed E-state index contributed by atoms with van der Waals surface area (Å²) >= 11 is 1.16. The monoisotopic (exact) mass is 203 g/mol. The van der Waals surface area contributed by atoms with Crippen molar-refractivity contribution >= 4 is 27.3 Å². The molecular formula is C6H5NO3S2. The molecule has 2 rings (SSSR count). The van der Waals surface area contributed by atoms with Crippen molar-refractivity contribution < 1.29 is 13.2 Å². The van der Waals surface area contributed by atoms with Crippen LogP contribution in [-0.4, -0.2) is 14.3 Å². The van der Waals surface area contributed by atoms with Gasteiger partial charge in [-0.1, -0.05) is 0 Å². The summed E-state index contributed by atoms with van der Waals surface area (Å²) in [4.78, 5) is 11.5. The molecule has 0 fully saturated rings. The van der Waals surface area contributed by atoms with Crippen molar-refractivity contribution in [3.63, 3.8) is 0 Å². The zero-order valence-corrected chi connectivity index (χ0v) is 7.75. The van der Waals surface area contributed by atoms with E-state index in [2.05, 4.69) is 0 Å². The van der Waals surface area contributed by atoms with Gasteiger partial charge in [-0.25, -0.2) is 13.1 Å². The molecule has 0 aromatic carbocycles. The van der Waals surface area contributed by atoms with E-state index in [0.29, 0.717) is 10.4 Å². The summed E-state index contributed by atoms with van der Waals surface area (Å²) in [5.74, 6) is -0.511.